The van der Waals surface area contributed by atoms with Gasteiger partial charge in [-0.15, -0.1) is 11.3 Å². The number of aromatic nitrogens is 1. The fourth-order valence-electron chi connectivity index (χ4n) is 3.26. The molecular weight excluding hydrogens is 408 g/mol. The van der Waals surface area contributed by atoms with E-state index in [0.29, 0.717) is 12.4 Å². The Hall–Kier alpha value is -2.99. The van der Waals surface area contributed by atoms with Gasteiger partial charge in [-0.2, -0.15) is 0 Å². The molecule has 0 spiro atoms. The van der Waals surface area contributed by atoms with Crippen LogP contribution in [0.1, 0.15) is 54.1 Å². The first-order chi connectivity index (χ1) is 14.5. The lowest BCUT2D eigenvalue weighted by atomic mass is 10.0. The SMILES string of the molecule is CC(=O)c1ccc(-c2cc(C)cc(CN(C(=O)OC(C)(C)C)c3ncccc3C)c2)s1. The number of nitrogens with zero attached hydrogens (tertiary/aromatic N) is 2. The van der Waals surface area contributed by atoms with Crippen molar-refractivity contribution in [3.8, 4) is 10.4 Å². The molecule has 0 aliphatic rings. The first kappa shape index (κ1) is 22.7. The van der Waals surface area contributed by atoms with Gasteiger partial charge >= 0.3 is 6.09 Å². The summed E-state index contributed by atoms with van der Waals surface area (Å²) in [6.45, 7) is 11.4. The highest BCUT2D eigenvalue weighted by Crippen LogP contribution is 2.31. The largest absolute Gasteiger partial charge is 0.443 e. The van der Waals surface area contributed by atoms with Gasteiger partial charge in [0.25, 0.3) is 0 Å². The van der Waals surface area contributed by atoms with Crippen LogP contribution in [0.5, 0.6) is 0 Å². The van der Waals surface area contributed by atoms with Gasteiger partial charge in [-0.05, 0) is 82.5 Å². The number of aryl methyl sites for hydroxylation is 2. The number of thiophene rings is 1. The minimum absolute atomic E-state index is 0.0610. The zero-order valence-electron chi connectivity index (χ0n) is 18.9. The summed E-state index contributed by atoms with van der Waals surface area (Å²) in [5.74, 6) is 0.639. The molecule has 5 nitrogen and oxygen atoms in total. The number of ether oxygens (including phenoxy) is 1. The molecule has 1 amide bonds. The fraction of sp³-hybridized carbons (Fsp3) is 0.320. The van der Waals surface area contributed by atoms with Gasteiger partial charge in [-0.25, -0.2) is 9.78 Å². The van der Waals surface area contributed by atoms with Crippen LogP contribution in [0.4, 0.5) is 10.6 Å². The van der Waals surface area contributed by atoms with Crippen molar-refractivity contribution in [3.05, 3.63) is 70.2 Å². The Morgan fingerprint density at radius 3 is 2.45 bits per heavy atom. The van der Waals surface area contributed by atoms with Crippen LogP contribution >= 0.6 is 11.3 Å². The summed E-state index contributed by atoms with van der Waals surface area (Å²) in [4.78, 5) is 32.5. The Balaban J connectivity index is 1.99. The molecule has 0 fully saturated rings. The van der Waals surface area contributed by atoms with E-state index in [2.05, 4.69) is 23.2 Å². The zero-order valence-corrected chi connectivity index (χ0v) is 19.7. The molecule has 31 heavy (non-hydrogen) atoms. The minimum atomic E-state index is -0.615. The molecule has 0 saturated carbocycles. The number of ketones is 1. The van der Waals surface area contributed by atoms with Crippen LogP contribution < -0.4 is 4.90 Å². The normalized spacial score (nSPS) is 11.3. The second-order valence-electron chi connectivity index (χ2n) is 8.64. The number of hydrogen-bond donors (Lipinski definition) is 0. The average Bonchev–Trinajstić information content (AvgIpc) is 3.15. The van der Waals surface area contributed by atoms with Crippen LogP contribution in [-0.2, 0) is 11.3 Å². The van der Waals surface area contributed by atoms with Gasteiger partial charge in [0.15, 0.2) is 5.78 Å². The van der Waals surface area contributed by atoms with Crippen LogP contribution in [0, 0.1) is 13.8 Å². The molecule has 0 saturated heterocycles. The third kappa shape index (κ3) is 5.79. The van der Waals surface area contributed by atoms with E-state index in [4.69, 9.17) is 4.74 Å². The van der Waals surface area contributed by atoms with Gasteiger partial charge in [0, 0.05) is 11.1 Å². The van der Waals surface area contributed by atoms with Gasteiger partial charge in [-0.1, -0.05) is 23.8 Å². The molecule has 6 heteroatoms. The van der Waals surface area contributed by atoms with E-state index in [1.165, 1.54) is 11.3 Å². The van der Waals surface area contributed by atoms with Crippen LogP contribution in [0.3, 0.4) is 0 Å². The first-order valence-electron chi connectivity index (χ1n) is 10.2. The van der Waals surface area contributed by atoms with E-state index in [-0.39, 0.29) is 5.78 Å². The maximum Gasteiger partial charge on any atom is 0.416 e. The summed E-state index contributed by atoms with van der Waals surface area (Å²) in [7, 11) is 0. The second-order valence-corrected chi connectivity index (χ2v) is 9.72. The summed E-state index contributed by atoms with van der Waals surface area (Å²) in [6.07, 6.45) is 1.24. The van der Waals surface area contributed by atoms with Crippen molar-refractivity contribution in [1.82, 2.24) is 4.98 Å². The van der Waals surface area contributed by atoms with Crippen LogP contribution in [0.2, 0.25) is 0 Å². The molecule has 0 aliphatic heterocycles. The van der Waals surface area contributed by atoms with Crippen molar-refractivity contribution in [3.63, 3.8) is 0 Å². The molecule has 162 valence electrons. The third-order valence-corrected chi connectivity index (χ3v) is 5.80. The molecule has 0 radical (unpaired) electrons. The smallest absolute Gasteiger partial charge is 0.416 e. The maximum atomic E-state index is 13.1. The lowest BCUT2D eigenvalue weighted by molar-refractivity contribution is 0.0576. The Morgan fingerprint density at radius 2 is 1.84 bits per heavy atom. The van der Waals surface area contributed by atoms with Gasteiger partial charge in [0.2, 0.25) is 0 Å². The van der Waals surface area contributed by atoms with E-state index in [0.717, 1.165) is 32.0 Å². The molecular formula is C25H28N2O3S. The van der Waals surface area contributed by atoms with E-state index in [1.807, 2.05) is 58.9 Å². The molecule has 1 aromatic carbocycles. The monoisotopic (exact) mass is 436 g/mol. The molecule has 0 N–H and O–H groups in total. The number of amides is 1. The molecule has 2 heterocycles. The standard InChI is InChI=1S/C25H28N2O3S/c1-16-12-19(14-20(13-16)22-10-9-21(31-22)18(3)28)15-27(24(29)30-25(4,5)6)23-17(2)8-7-11-26-23/h7-14H,15H2,1-6H3. The third-order valence-electron chi connectivity index (χ3n) is 4.57. The number of anilines is 1. The molecule has 3 rings (SSSR count). The summed E-state index contributed by atoms with van der Waals surface area (Å²) in [5, 5.41) is 0. The average molecular weight is 437 g/mol. The Morgan fingerprint density at radius 1 is 1.10 bits per heavy atom. The van der Waals surface area contributed by atoms with Crippen molar-refractivity contribution in [2.45, 2.75) is 53.7 Å². The van der Waals surface area contributed by atoms with Crippen molar-refractivity contribution in [1.29, 1.82) is 0 Å². The molecule has 0 unspecified atom stereocenters. The summed E-state index contributed by atoms with van der Waals surface area (Å²) in [6, 6.07) is 13.8. The lowest BCUT2D eigenvalue weighted by Crippen LogP contribution is -2.37. The predicted octanol–water partition coefficient (Wildman–Crippen LogP) is 6.57. The second kappa shape index (κ2) is 9.02. The number of pyridine rings is 1. The fourth-order valence-corrected chi connectivity index (χ4v) is 4.15. The maximum absolute atomic E-state index is 13.1. The van der Waals surface area contributed by atoms with E-state index in [9.17, 15) is 9.59 Å². The zero-order chi connectivity index (χ0) is 22.8. The number of rotatable bonds is 5. The van der Waals surface area contributed by atoms with Crippen molar-refractivity contribution in [2.24, 2.45) is 0 Å². The predicted molar refractivity (Wildman–Crippen MR) is 126 cm³/mol. The topological polar surface area (TPSA) is 59.5 Å². The highest BCUT2D eigenvalue weighted by atomic mass is 32.1. The lowest BCUT2D eigenvalue weighted by Gasteiger charge is -2.28. The van der Waals surface area contributed by atoms with Gasteiger partial charge in [0.05, 0.1) is 11.4 Å². The molecule has 0 atom stereocenters. The van der Waals surface area contributed by atoms with Crippen LogP contribution in [0.25, 0.3) is 10.4 Å². The Labute approximate surface area is 187 Å². The molecule has 2 aromatic heterocycles. The van der Waals surface area contributed by atoms with Crippen molar-refractivity contribution < 1.29 is 14.3 Å². The highest BCUT2D eigenvalue weighted by Gasteiger charge is 2.25. The van der Waals surface area contributed by atoms with Gasteiger partial charge in [-0.3, -0.25) is 9.69 Å². The Kier molecular flexibility index (Phi) is 6.60. The molecule has 3 aromatic rings. The molecule has 0 bridgehead atoms. The number of hydrogen-bond acceptors (Lipinski definition) is 5. The van der Waals surface area contributed by atoms with Crippen molar-refractivity contribution >= 4 is 29.0 Å². The number of benzene rings is 1. The van der Waals surface area contributed by atoms with Crippen LogP contribution in [0.15, 0.2) is 48.7 Å². The summed E-state index contributed by atoms with van der Waals surface area (Å²) >= 11 is 1.48. The summed E-state index contributed by atoms with van der Waals surface area (Å²) < 4.78 is 5.67. The van der Waals surface area contributed by atoms with E-state index >= 15 is 0 Å². The number of carbonyl (C=O) groups excluding carboxylic acids is 2. The highest BCUT2D eigenvalue weighted by molar-refractivity contribution is 7.17. The summed E-state index contributed by atoms with van der Waals surface area (Å²) in [5.41, 5.74) is 3.34. The minimum Gasteiger partial charge on any atom is -0.443 e. The number of Topliss-reactive ketones (excluding diaryl/α,β-unsaturated/α-hetero) is 1. The Bertz CT molecular complexity index is 1110. The quantitative estimate of drug-likeness (QED) is 0.424. The van der Waals surface area contributed by atoms with E-state index < -0.39 is 11.7 Å². The number of carbonyl (C=O) groups is 2. The van der Waals surface area contributed by atoms with Crippen molar-refractivity contribution in [2.75, 3.05) is 4.90 Å². The molecule has 0 aliphatic carbocycles. The van der Waals surface area contributed by atoms with Gasteiger partial charge in [0.1, 0.15) is 11.4 Å². The van der Waals surface area contributed by atoms with Crippen LogP contribution in [-0.4, -0.2) is 22.5 Å². The van der Waals surface area contributed by atoms with E-state index in [1.54, 1.807) is 18.0 Å². The van der Waals surface area contributed by atoms with Gasteiger partial charge < -0.3 is 4.74 Å². The first-order valence-corrected chi connectivity index (χ1v) is 11.0.